The van der Waals surface area contributed by atoms with Crippen molar-refractivity contribution in [2.24, 2.45) is 11.8 Å². The Morgan fingerprint density at radius 3 is 2.80 bits per heavy atom. The van der Waals surface area contributed by atoms with E-state index in [1.165, 1.54) is 0 Å². The van der Waals surface area contributed by atoms with Crippen molar-refractivity contribution < 1.29 is 9.52 Å². The third-order valence-corrected chi connectivity index (χ3v) is 4.32. The summed E-state index contributed by atoms with van der Waals surface area (Å²) in [5.41, 5.74) is 0.0312. The minimum Gasteiger partial charge on any atom is -0.407 e. The van der Waals surface area contributed by atoms with Crippen LogP contribution in [0, 0.1) is 11.8 Å². The number of nitrogens with one attached hydrogen (secondary N) is 1. The van der Waals surface area contributed by atoms with E-state index in [-0.39, 0.29) is 11.6 Å². The number of rotatable bonds is 3. The van der Waals surface area contributed by atoms with Gasteiger partial charge in [-0.05, 0) is 39.5 Å². The summed E-state index contributed by atoms with van der Waals surface area (Å²) in [6.45, 7) is 8.66. The molecule has 20 heavy (non-hydrogen) atoms. The second-order valence-corrected chi connectivity index (χ2v) is 7.06. The maximum atomic E-state index is 9.94. The van der Waals surface area contributed by atoms with E-state index in [2.05, 4.69) is 41.2 Å². The van der Waals surface area contributed by atoms with Gasteiger partial charge in [0.25, 0.3) is 0 Å². The van der Waals surface area contributed by atoms with Crippen molar-refractivity contribution in [2.45, 2.75) is 51.8 Å². The van der Waals surface area contributed by atoms with E-state index in [1.54, 1.807) is 0 Å². The standard InChI is InChI=1S/C14H24N4O2/c1-14(2,3)15-6-12-16-17-13(20-12)18-7-9-4-5-11(19)10(9)8-18/h9-11,15,19H,4-8H2,1-3H3. The van der Waals surface area contributed by atoms with Crippen LogP contribution in [0.15, 0.2) is 4.42 Å². The number of aromatic nitrogens is 2. The number of hydrogen-bond acceptors (Lipinski definition) is 6. The fourth-order valence-corrected chi connectivity index (χ4v) is 3.18. The third kappa shape index (κ3) is 2.81. The number of anilines is 1. The normalized spacial score (nSPS) is 30.0. The Morgan fingerprint density at radius 1 is 1.30 bits per heavy atom. The minimum atomic E-state index is -0.157. The molecule has 1 aliphatic carbocycles. The molecule has 3 rings (SSSR count). The van der Waals surface area contributed by atoms with Crippen LogP contribution in [0.5, 0.6) is 0 Å². The lowest BCUT2D eigenvalue weighted by Gasteiger charge is -2.19. The van der Waals surface area contributed by atoms with Gasteiger partial charge in [-0.15, -0.1) is 5.10 Å². The molecule has 2 aliphatic rings. The van der Waals surface area contributed by atoms with E-state index < -0.39 is 0 Å². The molecule has 1 aromatic heterocycles. The first-order valence-corrected chi connectivity index (χ1v) is 7.43. The highest BCUT2D eigenvalue weighted by Gasteiger charge is 2.43. The van der Waals surface area contributed by atoms with Gasteiger partial charge in [-0.1, -0.05) is 5.10 Å². The van der Waals surface area contributed by atoms with E-state index >= 15 is 0 Å². The Labute approximate surface area is 119 Å². The number of nitrogens with zero attached hydrogens (tertiary/aromatic N) is 3. The van der Waals surface area contributed by atoms with Crippen LogP contribution in [0.25, 0.3) is 0 Å². The fourth-order valence-electron chi connectivity index (χ4n) is 3.18. The highest BCUT2D eigenvalue weighted by Crippen LogP contribution is 2.39. The van der Waals surface area contributed by atoms with Crippen LogP contribution in [0.3, 0.4) is 0 Å². The molecule has 3 atom stereocenters. The van der Waals surface area contributed by atoms with Crippen molar-refractivity contribution in [3.63, 3.8) is 0 Å². The van der Waals surface area contributed by atoms with Crippen LogP contribution in [0.2, 0.25) is 0 Å². The smallest absolute Gasteiger partial charge is 0.318 e. The van der Waals surface area contributed by atoms with Gasteiger partial charge >= 0.3 is 6.01 Å². The predicted molar refractivity (Wildman–Crippen MR) is 75.3 cm³/mol. The number of fused-ring (bicyclic) bond motifs is 1. The average molecular weight is 280 g/mol. The van der Waals surface area contributed by atoms with E-state index in [9.17, 15) is 5.11 Å². The zero-order valence-electron chi connectivity index (χ0n) is 12.5. The van der Waals surface area contributed by atoms with E-state index in [4.69, 9.17) is 4.42 Å². The summed E-state index contributed by atoms with van der Waals surface area (Å²) in [4.78, 5) is 2.12. The van der Waals surface area contributed by atoms with Crippen LogP contribution >= 0.6 is 0 Å². The highest BCUT2D eigenvalue weighted by molar-refractivity contribution is 5.28. The van der Waals surface area contributed by atoms with Crippen molar-refractivity contribution in [1.29, 1.82) is 0 Å². The van der Waals surface area contributed by atoms with Gasteiger partial charge in [0.1, 0.15) is 0 Å². The van der Waals surface area contributed by atoms with Crippen molar-refractivity contribution in [2.75, 3.05) is 18.0 Å². The second kappa shape index (κ2) is 5.00. The zero-order valence-corrected chi connectivity index (χ0v) is 12.5. The number of aliphatic hydroxyl groups excluding tert-OH is 1. The van der Waals surface area contributed by atoms with Gasteiger partial charge < -0.3 is 19.7 Å². The molecule has 0 radical (unpaired) electrons. The van der Waals surface area contributed by atoms with Crippen LogP contribution in [0.4, 0.5) is 6.01 Å². The van der Waals surface area contributed by atoms with Crippen molar-refractivity contribution in [1.82, 2.24) is 15.5 Å². The molecule has 1 aromatic rings. The Kier molecular flexibility index (Phi) is 3.46. The fraction of sp³-hybridized carbons (Fsp3) is 0.857. The molecule has 0 amide bonds. The van der Waals surface area contributed by atoms with Gasteiger partial charge in [-0.2, -0.15) is 0 Å². The van der Waals surface area contributed by atoms with Gasteiger partial charge in [-0.3, -0.25) is 0 Å². The van der Waals surface area contributed by atoms with Gasteiger partial charge in [-0.25, -0.2) is 0 Å². The molecule has 1 saturated heterocycles. The molecule has 0 spiro atoms. The summed E-state index contributed by atoms with van der Waals surface area (Å²) in [6.07, 6.45) is 1.89. The second-order valence-electron chi connectivity index (χ2n) is 7.06. The molecule has 3 unspecified atom stereocenters. The first-order valence-electron chi connectivity index (χ1n) is 7.43. The minimum absolute atomic E-state index is 0.0312. The van der Waals surface area contributed by atoms with Gasteiger partial charge in [0.15, 0.2) is 0 Å². The number of hydrogen-bond donors (Lipinski definition) is 2. The van der Waals surface area contributed by atoms with Crippen LogP contribution < -0.4 is 10.2 Å². The monoisotopic (exact) mass is 280 g/mol. The summed E-state index contributed by atoms with van der Waals surface area (Å²) < 4.78 is 5.72. The molecule has 1 saturated carbocycles. The maximum absolute atomic E-state index is 9.94. The first-order chi connectivity index (χ1) is 9.42. The summed E-state index contributed by atoms with van der Waals surface area (Å²) in [5, 5.41) is 21.5. The zero-order chi connectivity index (χ0) is 14.3. The summed E-state index contributed by atoms with van der Waals surface area (Å²) in [7, 11) is 0. The molecule has 0 aromatic carbocycles. The highest BCUT2D eigenvalue weighted by atomic mass is 16.4. The topological polar surface area (TPSA) is 74.4 Å². The lowest BCUT2D eigenvalue weighted by Crippen LogP contribution is -2.35. The Balaban J connectivity index is 1.60. The molecular weight excluding hydrogens is 256 g/mol. The predicted octanol–water partition coefficient (Wildman–Crippen LogP) is 1.16. The summed E-state index contributed by atoms with van der Waals surface area (Å²) in [6, 6.07) is 0.595. The van der Waals surface area contributed by atoms with E-state index in [1.807, 2.05) is 0 Å². The Hall–Kier alpha value is -1.14. The van der Waals surface area contributed by atoms with Crippen LogP contribution in [0.1, 0.15) is 39.5 Å². The van der Waals surface area contributed by atoms with Gasteiger partial charge in [0.2, 0.25) is 5.89 Å². The van der Waals surface area contributed by atoms with Crippen LogP contribution in [-0.2, 0) is 6.54 Å². The maximum Gasteiger partial charge on any atom is 0.318 e. The molecule has 1 aliphatic heterocycles. The number of aliphatic hydroxyl groups is 1. The van der Waals surface area contributed by atoms with Crippen molar-refractivity contribution >= 4 is 6.01 Å². The quantitative estimate of drug-likeness (QED) is 0.865. The van der Waals surface area contributed by atoms with Gasteiger partial charge in [0.05, 0.1) is 12.6 Å². The summed E-state index contributed by atoms with van der Waals surface area (Å²) >= 11 is 0. The molecular formula is C14H24N4O2. The molecule has 2 heterocycles. The lowest BCUT2D eigenvalue weighted by molar-refractivity contribution is 0.133. The molecule has 6 heteroatoms. The first kappa shape index (κ1) is 13.8. The Morgan fingerprint density at radius 2 is 2.10 bits per heavy atom. The van der Waals surface area contributed by atoms with Crippen molar-refractivity contribution in [3.05, 3.63) is 5.89 Å². The van der Waals surface area contributed by atoms with Crippen LogP contribution in [-0.4, -0.2) is 40.0 Å². The molecule has 2 N–H and O–H groups in total. The molecule has 112 valence electrons. The molecule has 0 bridgehead atoms. The SMILES string of the molecule is CC(C)(C)NCc1nnc(N2CC3CCC(O)C3C2)o1. The van der Waals surface area contributed by atoms with E-state index in [0.29, 0.717) is 30.3 Å². The van der Waals surface area contributed by atoms with Crippen molar-refractivity contribution in [3.8, 4) is 0 Å². The average Bonchev–Trinajstić information content (AvgIpc) is 3.03. The molecule has 2 fully saturated rings. The Bertz CT molecular complexity index is 468. The largest absolute Gasteiger partial charge is 0.407 e. The summed E-state index contributed by atoms with van der Waals surface area (Å²) in [5.74, 6) is 1.57. The third-order valence-electron chi connectivity index (χ3n) is 4.32. The van der Waals surface area contributed by atoms with E-state index in [0.717, 1.165) is 25.9 Å². The lowest BCUT2D eigenvalue weighted by atomic mass is 10.00. The van der Waals surface area contributed by atoms with Gasteiger partial charge in [0, 0.05) is 24.5 Å². The molecule has 6 nitrogen and oxygen atoms in total.